The number of esters is 1. The molecule has 0 saturated carbocycles. The van der Waals surface area contributed by atoms with Crippen molar-refractivity contribution in [3.8, 4) is 0 Å². The molecule has 0 aromatic carbocycles. The summed E-state index contributed by atoms with van der Waals surface area (Å²) in [5.41, 5.74) is 0. The molecule has 0 aliphatic carbocycles. The van der Waals surface area contributed by atoms with Crippen LogP contribution in [0.2, 0.25) is 0 Å². The van der Waals surface area contributed by atoms with Gasteiger partial charge in [-0.05, 0) is 32.4 Å². The molecule has 0 aromatic heterocycles. The van der Waals surface area contributed by atoms with Crippen molar-refractivity contribution in [1.82, 2.24) is 4.90 Å². The number of likely N-dealkylation sites (tertiary alicyclic amines) is 1. The maximum atomic E-state index is 11.2. The maximum absolute atomic E-state index is 11.2. The van der Waals surface area contributed by atoms with Crippen LogP contribution in [0.1, 0.15) is 39.5 Å². The van der Waals surface area contributed by atoms with E-state index in [1.807, 2.05) is 6.92 Å². The summed E-state index contributed by atoms with van der Waals surface area (Å²) in [4.78, 5) is 13.6. The van der Waals surface area contributed by atoms with Crippen molar-refractivity contribution in [3.05, 3.63) is 0 Å². The third-order valence-electron chi connectivity index (χ3n) is 2.98. The lowest BCUT2D eigenvalue weighted by molar-refractivity contribution is -0.145. The molecule has 0 radical (unpaired) electrons. The number of piperidine rings is 1. The third kappa shape index (κ3) is 4.65. The van der Waals surface area contributed by atoms with Crippen molar-refractivity contribution in [2.45, 2.75) is 39.5 Å². The standard InChI is InChI=1S/C12H23NO2/c1-3-6-12(14)15-10-11-7-5-8-13(4-2)9-11/h11H,3-10H2,1-2H3/t11-/m1/s1. The number of hydrogen-bond donors (Lipinski definition) is 0. The Hall–Kier alpha value is -0.570. The van der Waals surface area contributed by atoms with Crippen LogP contribution in [0.5, 0.6) is 0 Å². The zero-order valence-electron chi connectivity index (χ0n) is 10.00. The summed E-state index contributed by atoms with van der Waals surface area (Å²) in [7, 11) is 0. The first-order valence-corrected chi connectivity index (χ1v) is 6.14. The molecule has 0 N–H and O–H groups in total. The van der Waals surface area contributed by atoms with Crippen molar-refractivity contribution in [2.75, 3.05) is 26.2 Å². The van der Waals surface area contributed by atoms with Gasteiger partial charge in [-0.3, -0.25) is 4.79 Å². The highest BCUT2D eigenvalue weighted by atomic mass is 16.5. The summed E-state index contributed by atoms with van der Waals surface area (Å²) in [6.45, 7) is 8.21. The molecule has 1 aliphatic rings. The van der Waals surface area contributed by atoms with Crippen molar-refractivity contribution >= 4 is 5.97 Å². The molecule has 1 atom stereocenters. The second-order valence-corrected chi connectivity index (χ2v) is 4.33. The number of carbonyl (C=O) groups is 1. The molecule has 1 rings (SSSR count). The van der Waals surface area contributed by atoms with Crippen LogP contribution in [-0.2, 0) is 9.53 Å². The van der Waals surface area contributed by atoms with Gasteiger partial charge in [0.1, 0.15) is 0 Å². The van der Waals surface area contributed by atoms with Crippen LogP contribution in [0.3, 0.4) is 0 Å². The second-order valence-electron chi connectivity index (χ2n) is 4.33. The first kappa shape index (κ1) is 12.5. The largest absolute Gasteiger partial charge is 0.465 e. The molecule has 0 amide bonds. The van der Waals surface area contributed by atoms with Gasteiger partial charge in [0.05, 0.1) is 6.61 Å². The Morgan fingerprint density at radius 2 is 2.27 bits per heavy atom. The van der Waals surface area contributed by atoms with E-state index >= 15 is 0 Å². The number of carbonyl (C=O) groups excluding carboxylic acids is 1. The lowest BCUT2D eigenvalue weighted by Gasteiger charge is -2.31. The minimum absolute atomic E-state index is 0.0360. The van der Waals surface area contributed by atoms with Crippen LogP contribution in [0.25, 0.3) is 0 Å². The number of nitrogens with zero attached hydrogens (tertiary/aromatic N) is 1. The van der Waals surface area contributed by atoms with Crippen LogP contribution >= 0.6 is 0 Å². The lowest BCUT2D eigenvalue weighted by atomic mass is 9.99. The van der Waals surface area contributed by atoms with Gasteiger partial charge in [-0.2, -0.15) is 0 Å². The van der Waals surface area contributed by atoms with Gasteiger partial charge in [0.15, 0.2) is 0 Å². The van der Waals surface area contributed by atoms with E-state index in [0.29, 0.717) is 18.9 Å². The Kier molecular flexibility index (Phi) is 5.69. The molecule has 1 saturated heterocycles. The highest BCUT2D eigenvalue weighted by Gasteiger charge is 2.19. The van der Waals surface area contributed by atoms with Gasteiger partial charge in [-0.1, -0.05) is 13.8 Å². The van der Waals surface area contributed by atoms with Crippen molar-refractivity contribution in [2.24, 2.45) is 5.92 Å². The Bertz CT molecular complexity index is 194. The zero-order valence-corrected chi connectivity index (χ0v) is 10.00. The molecule has 15 heavy (non-hydrogen) atoms. The van der Waals surface area contributed by atoms with Gasteiger partial charge in [0, 0.05) is 18.9 Å². The quantitative estimate of drug-likeness (QED) is 0.655. The van der Waals surface area contributed by atoms with Crippen molar-refractivity contribution in [1.29, 1.82) is 0 Å². The fourth-order valence-electron chi connectivity index (χ4n) is 2.06. The monoisotopic (exact) mass is 213 g/mol. The molecular formula is C12H23NO2. The summed E-state index contributed by atoms with van der Waals surface area (Å²) in [5.74, 6) is 0.519. The van der Waals surface area contributed by atoms with Crippen molar-refractivity contribution < 1.29 is 9.53 Å². The number of hydrogen-bond acceptors (Lipinski definition) is 3. The van der Waals surface area contributed by atoms with E-state index in [9.17, 15) is 4.79 Å². The Morgan fingerprint density at radius 1 is 1.47 bits per heavy atom. The van der Waals surface area contributed by atoms with Crippen LogP contribution in [0, 0.1) is 5.92 Å². The Labute approximate surface area is 92.8 Å². The van der Waals surface area contributed by atoms with Crippen LogP contribution < -0.4 is 0 Å². The first-order valence-electron chi connectivity index (χ1n) is 6.14. The lowest BCUT2D eigenvalue weighted by Crippen LogP contribution is -2.37. The van der Waals surface area contributed by atoms with Crippen LogP contribution in [-0.4, -0.2) is 37.1 Å². The molecule has 1 aliphatic heterocycles. The van der Waals surface area contributed by atoms with Crippen LogP contribution in [0.4, 0.5) is 0 Å². The Balaban J connectivity index is 2.17. The van der Waals surface area contributed by atoms with Gasteiger partial charge < -0.3 is 9.64 Å². The van der Waals surface area contributed by atoms with Gasteiger partial charge in [0.2, 0.25) is 0 Å². The molecule has 88 valence electrons. The SMILES string of the molecule is CCCC(=O)OC[C@@H]1CCCN(CC)C1. The minimum atomic E-state index is -0.0360. The summed E-state index contributed by atoms with van der Waals surface area (Å²) >= 11 is 0. The second kappa shape index (κ2) is 6.83. The summed E-state index contributed by atoms with van der Waals surface area (Å²) in [5, 5.41) is 0. The van der Waals surface area contributed by atoms with Crippen molar-refractivity contribution in [3.63, 3.8) is 0 Å². The minimum Gasteiger partial charge on any atom is -0.465 e. The van der Waals surface area contributed by atoms with Crippen LogP contribution in [0.15, 0.2) is 0 Å². The molecule has 3 nitrogen and oxygen atoms in total. The molecule has 1 fully saturated rings. The normalized spacial score (nSPS) is 22.7. The fourth-order valence-corrected chi connectivity index (χ4v) is 2.06. The van der Waals surface area contributed by atoms with E-state index in [4.69, 9.17) is 4.74 Å². The zero-order chi connectivity index (χ0) is 11.1. The fraction of sp³-hybridized carbons (Fsp3) is 0.917. The highest BCUT2D eigenvalue weighted by molar-refractivity contribution is 5.69. The van der Waals surface area contributed by atoms with Gasteiger partial charge in [-0.25, -0.2) is 0 Å². The van der Waals surface area contributed by atoms with E-state index in [1.165, 1.54) is 19.4 Å². The van der Waals surface area contributed by atoms with E-state index in [0.717, 1.165) is 19.5 Å². The highest BCUT2D eigenvalue weighted by Crippen LogP contribution is 2.16. The topological polar surface area (TPSA) is 29.5 Å². The predicted octanol–water partition coefficient (Wildman–Crippen LogP) is 2.06. The van der Waals surface area contributed by atoms with Gasteiger partial charge in [-0.15, -0.1) is 0 Å². The smallest absolute Gasteiger partial charge is 0.305 e. The van der Waals surface area contributed by atoms with Gasteiger partial charge >= 0.3 is 5.97 Å². The molecule has 3 heteroatoms. The molecule has 1 heterocycles. The average molecular weight is 213 g/mol. The first-order chi connectivity index (χ1) is 7.26. The molecule has 0 aromatic rings. The van der Waals surface area contributed by atoms with Gasteiger partial charge in [0.25, 0.3) is 0 Å². The molecule has 0 spiro atoms. The number of ether oxygens (including phenoxy) is 1. The van der Waals surface area contributed by atoms with E-state index in [1.54, 1.807) is 0 Å². The molecule has 0 unspecified atom stereocenters. The average Bonchev–Trinajstić information content (AvgIpc) is 2.27. The van der Waals surface area contributed by atoms with E-state index < -0.39 is 0 Å². The van der Waals surface area contributed by atoms with E-state index in [-0.39, 0.29) is 5.97 Å². The molecule has 0 bridgehead atoms. The summed E-state index contributed by atoms with van der Waals surface area (Å²) in [6, 6.07) is 0. The maximum Gasteiger partial charge on any atom is 0.305 e. The summed E-state index contributed by atoms with van der Waals surface area (Å²) < 4.78 is 5.25. The Morgan fingerprint density at radius 3 is 2.93 bits per heavy atom. The summed E-state index contributed by atoms with van der Waals surface area (Å²) in [6.07, 6.45) is 3.88. The number of rotatable bonds is 5. The molecular weight excluding hydrogens is 190 g/mol. The predicted molar refractivity (Wildman–Crippen MR) is 60.7 cm³/mol. The van der Waals surface area contributed by atoms with E-state index in [2.05, 4.69) is 11.8 Å². The third-order valence-corrected chi connectivity index (χ3v) is 2.98.